The lowest BCUT2D eigenvalue weighted by molar-refractivity contribution is -0.115. The zero-order valence-electron chi connectivity index (χ0n) is 14.3. The summed E-state index contributed by atoms with van der Waals surface area (Å²) in [6, 6.07) is 16.5. The van der Waals surface area contributed by atoms with Crippen molar-refractivity contribution < 1.29 is 9.59 Å². The maximum atomic E-state index is 12.1. The Hall–Kier alpha value is -3.21. The Kier molecular flexibility index (Phi) is 6.65. The molecule has 2 aromatic carbocycles. The van der Waals surface area contributed by atoms with Gasteiger partial charge in [0.1, 0.15) is 0 Å². The molecule has 0 aliphatic heterocycles. The Morgan fingerprint density at radius 3 is 2.36 bits per heavy atom. The third-order valence-electron chi connectivity index (χ3n) is 3.40. The highest BCUT2D eigenvalue weighted by Gasteiger charge is 2.05. The van der Waals surface area contributed by atoms with Gasteiger partial charge in [-0.1, -0.05) is 43.3 Å². The van der Waals surface area contributed by atoms with Gasteiger partial charge < -0.3 is 5.32 Å². The van der Waals surface area contributed by atoms with Gasteiger partial charge in [0, 0.05) is 17.7 Å². The molecule has 128 valence electrons. The number of nitrogens with zero attached hydrogens (tertiary/aromatic N) is 1. The molecule has 0 unspecified atom stereocenters. The molecular formula is C20H21N3O2. The number of carbonyl (C=O) groups is 2. The van der Waals surface area contributed by atoms with Gasteiger partial charge in [-0.05, 0) is 42.8 Å². The summed E-state index contributed by atoms with van der Waals surface area (Å²) in [6.07, 6.45) is 4.17. The van der Waals surface area contributed by atoms with E-state index in [1.807, 2.05) is 49.4 Å². The van der Waals surface area contributed by atoms with Crippen LogP contribution in [-0.2, 0) is 4.79 Å². The molecule has 0 saturated carbocycles. The minimum atomic E-state index is -0.305. The Morgan fingerprint density at radius 1 is 1.04 bits per heavy atom. The number of amides is 2. The van der Waals surface area contributed by atoms with Crippen molar-refractivity contribution >= 4 is 29.3 Å². The second kappa shape index (κ2) is 9.17. The van der Waals surface area contributed by atoms with Crippen molar-refractivity contribution in [3.8, 4) is 0 Å². The molecule has 0 saturated heterocycles. The molecule has 2 amide bonds. The van der Waals surface area contributed by atoms with Gasteiger partial charge in [-0.3, -0.25) is 9.59 Å². The fourth-order valence-corrected chi connectivity index (χ4v) is 1.98. The predicted octanol–water partition coefficient (Wildman–Crippen LogP) is 3.85. The smallest absolute Gasteiger partial charge is 0.271 e. The van der Waals surface area contributed by atoms with Crippen LogP contribution in [0.4, 0.5) is 5.69 Å². The van der Waals surface area contributed by atoms with Crippen LogP contribution in [0.25, 0.3) is 6.08 Å². The fraction of sp³-hybridized carbons (Fsp3) is 0.150. The number of carbonyl (C=O) groups excluding carboxylic acids is 2. The van der Waals surface area contributed by atoms with E-state index >= 15 is 0 Å². The Morgan fingerprint density at radius 2 is 1.72 bits per heavy atom. The number of nitrogens with one attached hydrogen (secondary N) is 2. The number of hydrogen-bond donors (Lipinski definition) is 2. The van der Waals surface area contributed by atoms with Gasteiger partial charge >= 0.3 is 0 Å². The van der Waals surface area contributed by atoms with Crippen LogP contribution in [0.15, 0.2) is 65.8 Å². The molecule has 25 heavy (non-hydrogen) atoms. The van der Waals surface area contributed by atoms with Gasteiger partial charge in [-0.15, -0.1) is 0 Å². The Balaban J connectivity index is 1.92. The third kappa shape index (κ3) is 6.06. The number of hydrazone groups is 1. The van der Waals surface area contributed by atoms with Crippen LogP contribution in [0.2, 0.25) is 0 Å². The van der Waals surface area contributed by atoms with Crippen molar-refractivity contribution in [2.45, 2.75) is 20.3 Å². The van der Waals surface area contributed by atoms with Crippen LogP contribution in [0.3, 0.4) is 0 Å². The van der Waals surface area contributed by atoms with Crippen LogP contribution in [0.5, 0.6) is 0 Å². The van der Waals surface area contributed by atoms with E-state index in [2.05, 4.69) is 15.8 Å². The highest BCUT2D eigenvalue weighted by Crippen LogP contribution is 2.10. The normalized spacial score (nSPS) is 11.4. The van der Waals surface area contributed by atoms with E-state index in [0.717, 1.165) is 5.56 Å². The van der Waals surface area contributed by atoms with Gasteiger partial charge in [0.05, 0.1) is 5.71 Å². The minimum absolute atomic E-state index is 0.0670. The van der Waals surface area contributed by atoms with E-state index in [4.69, 9.17) is 0 Å². The lowest BCUT2D eigenvalue weighted by Gasteiger charge is -2.05. The number of anilines is 1. The summed E-state index contributed by atoms with van der Waals surface area (Å²) in [5, 5.41) is 6.79. The van der Waals surface area contributed by atoms with Crippen molar-refractivity contribution in [3.05, 3.63) is 71.8 Å². The van der Waals surface area contributed by atoms with Crippen molar-refractivity contribution in [1.29, 1.82) is 0 Å². The molecule has 0 aliphatic carbocycles. The minimum Gasteiger partial charge on any atom is -0.326 e. The lowest BCUT2D eigenvalue weighted by atomic mass is 10.2. The first-order chi connectivity index (χ1) is 12.1. The fourth-order valence-electron chi connectivity index (χ4n) is 1.98. The first-order valence-corrected chi connectivity index (χ1v) is 8.06. The average Bonchev–Trinajstić information content (AvgIpc) is 2.65. The largest absolute Gasteiger partial charge is 0.326 e. The van der Waals surface area contributed by atoms with Crippen molar-refractivity contribution in [2.75, 3.05) is 5.32 Å². The van der Waals surface area contributed by atoms with Crippen LogP contribution in [0.1, 0.15) is 36.2 Å². The highest BCUT2D eigenvalue weighted by atomic mass is 16.2. The summed E-state index contributed by atoms with van der Waals surface area (Å²) in [5.41, 5.74) is 5.40. The maximum absolute atomic E-state index is 12.1. The summed E-state index contributed by atoms with van der Waals surface area (Å²) in [5.74, 6) is -0.372. The van der Waals surface area contributed by atoms with E-state index < -0.39 is 0 Å². The quantitative estimate of drug-likeness (QED) is 0.622. The van der Waals surface area contributed by atoms with Gasteiger partial charge in [0.2, 0.25) is 5.91 Å². The maximum Gasteiger partial charge on any atom is 0.271 e. The molecule has 2 rings (SSSR count). The van der Waals surface area contributed by atoms with Gasteiger partial charge in [0.25, 0.3) is 5.91 Å². The molecule has 0 aliphatic rings. The molecule has 0 radical (unpaired) electrons. The highest BCUT2D eigenvalue weighted by molar-refractivity contribution is 5.99. The molecule has 0 aromatic heterocycles. The molecule has 0 heterocycles. The van der Waals surface area contributed by atoms with Crippen LogP contribution in [0, 0.1) is 0 Å². The molecule has 0 fully saturated rings. The van der Waals surface area contributed by atoms with E-state index in [-0.39, 0.29) is 11.8 Å². The molecule has 2 N–H and O–H groups in total. The topological polar surface area (TPSA) is 70.6 Å². The van der Waals surface area contributed by atoms with E-state index in [9.17, 15) is 9.59 Å². The van der Waals surface area contributed by atoms with Crippen LogP contribution in [-0.4, -0.2) is 17.5 Å². The van der Waals surface area contributed by atoms with Crippen LogP contribution >= 0.6 is 0 Å². The van der Waals surface area contributed by atoms with E-state index in [1.54, 1.807) is 31.2 Å². The van der Waals surface area contributed by atoms with Crippen molar-refractivity contribution in [3.63, 3.8) is 0 Å². The van der Waals surface area contributed by atoms with Gasteiger partial charge in [0.15, 0.2) is 0 Å². The number of allylic oxidation sites excluding steroid dienone is 1. The third-order valence-corrected chi connectivity index (χ3v) is 3.40. The zero-order chi connectivity index (χ0) is 18.1. The predicted molar refractivity (Wildman–Crippen MR) is 101 cm³/mol. The molecule has 2 aromatic rings. The first kappa shape index (κ1) is 18.1. The summed E-state index contributed by atoms with van der Waals surface area (Å²) in [6.45, 7) is 3.59. The van der Waals surface area contributed by atoms with Crippen LogP contribution < -0.4 is 10.7 Å². The standard InChI is InChI=1S/C20H21N3O2/c1-3-19(24)21-18-13-11-17(12-14-18)20(25)23-22-15(2)9-10-16-7-5-4-6-8-16/h4-14H,3H2,1-2H3,(H,21,24)(H,23,25)/b10-9+,22-15?. The monoisotopic (exact) mass is 335 g/mol. The molecule has 0 atom stereocenters. The Labute approximate surface area is 147 Å². The van der Waals surface area contributed by atoms with Crippen molar-refractivity contribution in [1.82, 2.24) is 5.43 Å². The molecule has 0 spiro atoms. The number of benzene rings is 2. The molecule has 0 bridgehead atoms. The van der Waals surface area contributed by atoms with Gasteiger partial charge in [-0.25, -0.2) is 5.43 Å². The molecule has 5 heteroatoms. The lowest BCUT2D eigenvalue weighted by Crippen LogP contribution is -2.18. The van der Waals surface area contributed by atoms with Crippen molar-refractivity contribution in [2.24, 2.45) is 5.10 Å². The Bertz CT molecular complexity index is 778. The molecule has 5 nitrogen and oxygen atoms in total. The zero-order valence-corrected chi connectivity index (χ0v) is 14.3. The molecular weight excluding hydrogens is 314 g/mol. The first-order valence-electron chi connectivity index (χ1n) is 8.06. The average molecular weight is 335 g/mol. The SMILES string of the molecule is CCC(=O)Nc1ccc(C(=O)NN=C(C)/C=C/c2ccccc2)cc1. The van der Waals surface area contributed by atoms with E-state index in [1.165, 1.54) is 0 Å². The summed E-state index contributed by atoms with van der Waals surface area (Å²) in [4.78, 5) is 23.4. The summed E-state index contributed by atoms with van der Waals surface area (Å²) >= 11 is 0. The van der Waals surface area contributed by atoms with Gasteiger partial charge in [-0.2, -0.15) is 5.10 Å². The second-order valence-corrected chi connectivity index (χ2v) is 5.42. The number of rotatable bonds is 6. The summed E-state index contributed by atoms with van der Waals surface area (Å²) < 4.78 is 0. The summed E-state index contributed by atoms with van der Waals surface area (Å²) in [7, 11) is 0. The second-order valence-electron chi connectivity index (χ2n) is 5.42. The van der Waals surface area contributed by atoms with E-state index in [0.29, 0.717) is 23.4 Å². The number of hydrogen-bond acceptors (Lipinski definition) is 3.